The van der Waals surface area contributed by atoms with Crippen molar-refractivity contribution in [2.24, 2.45) is 0 Å². The summed E-state index contributed by atoms with van der Waals surface area (Å²) < 4.78 is 162. The van der Waals surface area contributed by atoms with Crippen molar-refractivity contribution >= 4 is 11.8 Å². The molecule has 0 aromatic heterocycles. The number of ether oxygens (including phenoxy) is 1. The molecule has 0 saturated heterocycles. The summed E-state index contributed by atoms with van der Waals surface area (Å²) in [6, 6.07) is 0. The first-order chi connectivity index (χ1) is 11.5. The van der Waals surface area contributed by atoms with E-state index in [1.807, 2.05) is 0 Å². The lowest BCUT2D eigenvalue weighted by Crippen LogP contribution is -2.72. The van der Waals surface area contributed by atoms with Crippen molar-refractivity contribution in [2.75, 3.05) is 0 Å². The number of hydrogen-bond donors (Lipinski definition) is 0. The number of halogens is 12. The van der Waals surface area contributed by atoms with Crippen LogP contribution in [0.15, 0.2) is 0 Å². The Morgan fingerprint density at radius 2 is 0.926 bits per heavy atom. The maximum atomic E-state index is 13.4. The van der Waals surface area contributed by atoms with Gasteiger partial charge in [-0.05, 0) is 13.8 Å². The fraction of sp³-hybridized carbons (Fsp3) is 0.833. The van der Waals surface area contributed by atoms with Gasteiger partial charge in [-0.1, -0.05) is 0 Å². The number of carbonyl (C=O) groups excluding carboxylic acids is 2. The maximum Gasteiger partial charge on any atom is 0.410 e. The molecule has 0 aliphatic rings. The number of ketones is 1. The highest BCUT2D eigenvalue weighted by Gasteiger charge is 2.91. The third-order valence-electron chi connectivity index (χ3n) is 3.01. The van der Waals surface area contributed by atoms with Crippen LogP contribution in [0.5, 0.6) is 0 Å². The van der Waals surface area contributed by atoms with Crippen molar-refractivity contribution < 1.29 is 67.0 Å². The first-order valence-electron chi connectivity index (χ1n) is 6.52. The summed E-state index contributed by atoms with van der Waals surface area (Å²) in [4.78, 5) is 21.2. The highest BCUT2D eigenvalue weighted by molar-refractivity contribution is 5.84. The Hall–Kier alpha value is -1.70. The van der Waals surface area contributed by atoms with Gasteiger partial charge in [0.05, 0.1) is 6.10 Å². The van der Waals surface area contributed by atoms with E-state index in [4.69, 9.17) is 0 Å². The van der Waals surface area contributed by atoms with E-state index in [2.05, 4.69) is 4.74 Å². The molecule has 0 bridgehead atoms. The minimum atomic E-state index is -7.93. The highest BCUT2D eigenvalue weighted by Crippen LogP contribution is 2.60. The minimum absolute atomic E-state index is 0.463. The van der Waals surface area contributed by atoms with Crippen molar-refractivity contribution in [3.63, 3.8) is 0 Å². The van der Waals surface area contributed by atoms with Gasteiger partial charge in [-0.15, -0.1) is 0 Å². The first kappa shape index (κ1) is 25.3. The molecule has 0 N–H and O–H groups in total. The van der Waals surface area contributed by atoms with Crippen molar-refractivity contribution in [1.82, 2.24) is 0 Å². The van der Waals surface area contributed by atoms with Crippen LogP contribution >= 0.6 is 0 Å². The predicted octanol–water partition coefficient (Wildman–Crippen LogP) is 4.34. The van der Waals surface area contributed by atoms with Gasteiger partial charge in [0.2, 0.25) is 5.78 Å². The van der Waals surface area contributed by atoms with Gasteiger partial charge in [-0.3, -0.25) is 4.79 Å². The third-order valence-corrected chi connectivity index (χ3v) is 3.01. The van der Waals surface area contributed by atoms with Crippen LogP contribution in [0.1, 0.15) is 20.8 Å². The average molecular weight is 430 g/mol. The molecule has 0 spiro atoms. The van der Waals surface area contributed by atoms with Crippen LogP contribution in [-0.2, 0) is 14.3 Å². The molecule has 0 radical (unpaired) electrons. The minimum Gasteiger partial charge on any atom is -0.458 e. The summed E-state index contributed by atoms with van der Waals surface area (Å²) in [5.41, 5.74) is 0. The normalized spacial score (nSPS) is 15.1. The molecule has 27 heavy (non-hydrogen) atoms. The van der Waals surface area contributed by atoms with Gasteiger partial charge >= 0.3 is 41.5 Å². The molecular formula is C12H10F12O3. The summed E-state index contributed by atoms with van der Waals surface area (Å²) in [7, 11) is 0. The van der Waals surface area contributed by atoms with E-state index in [9.17, 15) is 62.3 Å². The van der Waals surface area contributed by atoms with E-state index in [1.165, 1.54) is 0 Å². The Bertz CT molecular complexity index is 596. The van der Waals surface area contributed by atoms with Gasteiger partial charge in [0.25, 0.3) is 0 Å². The summed E-state index contributed by atoms with van der Waals surface area (Å²) >= 11 is 0. The maximum absolute atomic E-state index is 13.4. The fourth-order valence-electron chi connectivity index (χ4n) is 1.43. The van der Waals surface area contributed by atoms with Gasteiger partial charge in [-0.25, -0.2) is 4.79 Å². The fourth-order valence-corrected chi connectivity index (χ4v) is 1.43. The number of esters is 1. The second kappa shape index (κ2) is 6.72. The number of Topliss-reactive ketones (excluding diaryl/α,β-unsaturated/α-hetero) is 1. The Labute approximate surface area is 142 Å². The number of rotatable bonds is 8. The van der Waals surface area contributed by atoms with E-state index in [0.29, 0.717) is 0 Å². The van der Waals surface area contributed by atoms with Crippen molar-refractivity contribution in [3.05, 3.63) is 0 Å². The van der Waals surface area contributed by atoms with Crippen LogP contribution < -0.4 is 0 Å². The Morgan fingerprint density at radius 3 is 1.19 bits per heavy atom. The molecule has 0 unspecified atom stereocenters. The number of hydrogen-bond acceptors (Lipinski definition) is 3. The van der Waals surface area contributed by atoms with E-state index in [1.54, 1.807) is 0 Å². The zero-order chi connectivity index (χ0) is 22.4. The predicted molar refractivity (Wildman–Crippen MR) is 61.6 cm³/mol. The zero-order valence-electron chi connectivity index (χ0n) is 13.3. The molecular weight excluding hydrogens is 420 g/mol. The van der Waals surface area contributed by atoms with E-state index < -0.39 is 60.3 Å². The van der Waals surface area contributed by atoms with Crippen LogP contribution in [0, 0.1) is 0 Å². The third kappa shape index (κ3) is 3.44. The van der Waals surface area contributed by atoms with Gasteiger partial charge in [-0.2, -0.15) is 52.7 Å². The summed E-state index contributed by atoms with van der Waals surface area (Å²) in [5.74, 6) is -51.1. The molecule has 160 valence electrons. The second-order valence-corrected chi connectivity index (χ2v) is 5.46. The quantitative estimate of drug-likeness (QED) is 0.425. The van der Waals surface area contributed by atoms with Crippen LogP contribution in [0.4, 0.5) is 52.7 Å². The van der Waals surface area contributed by atoms with Crippen LogP contribution in [-0.4, -0.2) is 53.4 Å². The van der Waals surface area contributed by atoms with E-state index in [-0.39, 0.29) is 0 Å². The van der Waals surface area contributed by atoms with Crippen LogP contribution in [0.25, 0.3) is 0 Å². The Kier molecular flexibility index (Phi) is 6.30. The molecule has 0 aromatic carbocycles. The highest BCUT2D eigenvalue weighted by atomic mass is 19.4. The van der Waals surface area contributed by atoms with Crippen molar-refractivity contribution in [2.45, 2.75) is 62.4 Å². The van der Waals surface area contributed by atoms with Gasteiger partial charge < -0.3 is 4.74 Å². The second-order valence-electron chi connectivity index (χ2n) is 5.46. The molecule has 0 amide bonds. The van der Waals surface area contributed by atoms with E-state index in [0.717, 1.165) is 13.8 Å². The summed E-state index contributed by atoms with van der Waals surface area (Å²) in [5, 5.41) is 0. The molecule has 0 aromatic rings. The van der Waals surface area contributed by atoms with E-state index >= 15 is 0 Å². The molecule has 0 heterocycles. The lowest BCUT2D eigenvalue weighted by molar-refractivity contribution is -0.416. The number of carbonyl (C=O) groups is 2. The Balaban J connectivity index is 6.44. The van der Waals surface area contributed by atoms with Crippen molar-refractivity contribution in [1.29, 1.82) is 0 Å². The van der Waals surface area contributed by atoms with Crippen LogP contribution in [0.2, 0.25) is 0 Å². The monoisotopic (exact) mass is 430 g/mol. The van der Waals surface area contributed by atoms with Crippen LogP contribution in [0.3, 0.4) is 0 Å². The molecule has 3 nitrogen and oxygen atoms in total. The zero-order valence-corrected chi connectivity index (χ0v) is 13.3. The van der Waals surface area contributed by atoms with Gasteiger partial charge in [0.1, 0.15) is 0 Å². The SMILES string of the molecule is CC(=O)C(F)(F)C(F)(F)C(F)(F)C(F)(F)C(F)(F)C(F)(F)C(=O)OC(C)C. The Morgan fingerprint density at radius 1 is 0.630 bits per heavy atom. The standard InChI is InChI=1S/C12H10F12O3/c1-4(2)27-6(26)8(15,16)10(19,20)12(23,24)11(21,22)9(17,18)7(13,14)5(3)25/h4H,1-3H3. The molecule has 0 atom stereocenters. The first-order valence-corrected chi connectivity index (χ1v) is 6.52. The average Bonchev–Trinajstić information content (AvgIpc) is 2.44. The largest absolute Gasteiger partial charge is 0.458 e. The molecule has 0 fully saturated rings. The molecule has 0 rings (SSSR count). The summed E-state index contributed by atoms with van der Waals surface area (Å²) in [6.07, 6.45) is -1.66. The molecule has 0 aliphatic carbocycles. The van der Waals surface area contributed by atoms with Gasteiger partial charge in [0, 0.05) is 6.92 Å². The molecule has 15 heteroatoms. The van der Waals surface area contributed by atoms with Gasteiger partial charge in [0.15, 0.2) is 0 Å². The molecule has 0 saturated carbocycles. The number of alkyl halides is 12. The topological polar surface area (TPSA) is 43.4 Å². The lowest BCUT2D eigenvalue weighted by Gasteiger charge is -2.40. The van der Waals surface area contributed by atoms with Crippen molar-refractivity contribution in [3.8, 4) is 0 Å². The smallest absolute Gasteiger partial charge is 0.410 e. The lowest BCUT2D eigenvalue weighted by atomic mass is 9.90. The molecule has 0 aliphatic heterocycles. The summed E-state index contributed by atoms with van der Waals surface area (Å²) in [6.45, 7) is 1.04.